The van der Waals surface area contributed by atoms with Crippen molar-refractivity contribution in [1.82, 2.24) is 10.2 Å². The van der Waals surface area contributed by atoms with Crippen molar-refractivity contribution < 1.29 is 4.79 Å². The fourth-order valence-electron chi connectivity index (χ4n) is 2.36. The van der Waals surface area contributed by atoms with Crippen LogP contribution in [0.3, 0.4) is 0 Å². The van der Waals surface area contributed by atoms with Gasteiger partial charge in [0.15, 0.2) is 0 Å². The zero-order valence-corrected chi connectivity index (χ0v) is 12.3. The Balaban J connectivity index is 2.10. The van der Waals surface area contributed by atoms with Gasteiger partial charge >= 0.3 is 0 Å². The summed E-state index contributed by atoms with van der Waals surface area (Å²) >= 11 is 5.86. The fourth-order valence-corrected chi connectivity index (χ4v) is 2.48. The minimum Gasteiger partial charge on any atom is -0.337 e. The van der Waals surface area contributed by atoms with Crippen molar-refractivity contribution in [2.24, 2.45) is 5.92 Å². The second-order valence-corrected chi connectivity index (χ2v) is 5.85. The van der Waals surface area contributed by atoms with E-state index in [1.54, 1.807) is 24.3 Å². The molecule has 3 nitrogen and oxygen atoms in total. The number of carbonyl (C=O) groups excluding carboxylic acids is 1. The number of hydrogen-bond donors (Lipinski definition) is 1. The molecule has 1 aromatic rings. The Hall–Kier alpha value is -1.06. The fraction of sp³-hybridized carbons (Fsp3) is 0.533. The monoisotopic (exact) mass is 280 g/mol. The second-order valence-electron chi connectivity index (χ2n) is 5.42. The molecule has 2 rings (SSSR count). The zero-order valence-electron chi connectivity index (χ0n) is 11.5. The maximum Gasteiger partial charge on any atom is 0.253 e. The Labute approximate surface area is 119 Å². The number of nitrogens with one attached hydrogen (secondary N) is 1. The number of rotatable bonds is 2. The molecule has 0 aliphatic carbocycles. The van der Waals surface area contributed by atoms with E-state index < -0.39 is 0 Å². The first kappa shape index (κ1) is 14.4. The van der Waals surface area contributed by atoms with Gasteiger partial charge in [0.2, 0.25) is 0 Å². The summed E-state index contributed by atoms with van der Waals surface area (Å²) in [5.74, 6) is 0.629. The third-order valence-corrected chi connectivity index (χ3v) is 3.86. The van der Waals surface area contributed by atoms with Gasteiger partial charge in [-0.2, -0.15) is 0 Å². The van der Waals surface area contributed by atoms with E-state index >= 15 is 0 Å². The maximum absolute atomic E-state index is 12.5. The number of nitrogens with zero attached hydrogens (tertiary/aromatic N) is 1. The average Bonchev–Trinajstić information content (AvgIpc) is 2.64. The van der Waals surface area contributed by atoms with Gasteiger partial charge in [0.05, 0.1) is 0 Å². The summed E-state index contributed by atoms with van der Waals surface area (Å²) in [4.78, 5) is 14.4. The molecule has 19 heavy (non-hydrogen) atoms. The van der Waals surface area contributed by atoms with Crippen LogP contribution in [0.1, 0.15) is 30.6 Å². The van der Waals surface area contributed by atoms with E-state index in [1.165, 1.54) is 0 Å². The summed E-state index contributed by atoms with van der Waals surface area (Å²) in [6, 6.07) is 7.51. The Morgan fingerprint density at radius 1 is 1.37 bits per heavy atom. The van der Waals surface area contributed by atoms with Crippen molar-refractivity contribution in [3.8, 4) is 0 Å². The number of benzene rings is 1. The van der Waals surface area contributed by atoms with Crippen LogP contribution < -0.4 is 5.32 Å². The van der Waals surface area contributed by atoms with E-state index in [9.17, 15) is 4.79 Å². The predicted molar refractivity (Wildman–Crippen MR) is 78.6 cm³/mol. The van der Waals surface area contributed by atoms with Gasteiger partial charge in [-0.3, -0.25) is 4.79 Å². The molecule has 104 valence electrons. The van der Waals surface area contributed by atoms with Gasteiger partial charge < -0.3 is 10.2 Å². The smallest absolute Gasteiger partial charge is 0.253 e. The van der Waals surface area contributed by atoms with Gasteiger partial charge in [0, 0.05) is 29.7 Å². The lowest BCUT2D eigenvalue weighted by Crippen LogP contribution is -2.43. The summed E-state index contributed by atoms with van der Waals surface area (Å²) in [5.41, 5.74) is 0.716. The summed E-state index contributed by atoms with van der Waals surface area (Å²) in [7, 11) is 0. The van der Waals surface area contributed by atoms with Gasteiger partial charge in [-0.25, -0.2) is 0 Å². The summed E-state index contributed by atoms with van der Waals surface area (Å²) < 4.78 is 0. The van der Waals surface area contributed by atoms with Gasteiger partial charge in [-0.05, 0) is 43.1 Å². The molecule has 1 fully saturated rings. The topological polar surface area (TPSA) is 32.3 Å². The third-order valence-electron chi connectivity index (χ3n) is 3.61. The van der Waals surface area contributed by atoms with Crippen LogP contribution >= 0.6 is 11.6 Å². The molecule has 1 heterocycles. The highest BCUT2D eigenvalue weighted by molar-refractivity contribution is 6.30. The molecule has 0 spiro atoms. The molecule has 1 atom stereocenters. The van der Waals surface area contributed by atoms with Crippen LogP contribution in [0.25, 0.3) is 0 Å². The first-order valence-electron chi connectivity index (χ1n) is 6.86. The molecule has 1 saturated heterocycles. The first-order valence-corrected chi connectivity index (χ1v) is 7.24. The molecule has 1 aliphatic rings. The average molecular weight is 281 g/mol. The molecule has 1 unspecified atom stereocenters. The molecule has 1 aliphatic heterocycles. The van der Waals surface area contributed by atoms with E-state index in [2.05, 4.69) is 19.2 Å². The summed E-state index contributed by atoms with van der Waals surface area (Å²) in [5, 5.41) is 4.17. The predicted octanol–water partition coefficient (Wildman–Crippen LogP) is 2.80. The van der Waals surface area contributed by atoms with E-state index in [0.717, 1.165) is 26.1 Å². The number of halogens is 1. The molecule has 1 aromatic carbocycles. The van der Waals surface area contributed by atoms with Gasteiger partial charge in [0.25, 0.3) is 5.91 Å². The Morgan fingerprint density at radius 3 is 2.68 bits per heavy atom. The molecule has 1 N–H and O–H groups in total. The van der Waals surface area contributed by atoms with E-state index in [0.29, 0.717) is 22.5 Å². The van der Waals surface area contributed by atoms with E-state index in [-0.39, 0.29) is 5.91 Å². The number of carbonyl (C=O) groups is 1. The molecule has 0 aromatic heterocycles. The van der Waals surface area contributed by atoms with E-state index in [4.69, 9.17) is 11.6 Å². The van der Waals surface area contributed by atoms with Crippen molar-refractivity contribution in [3.63, 3.8) is 0 Å². The number of amides is 1. The van der Waals surface area contributed by atoms with Gasteiger partial charge in [0.1, 0.15) is 0 Å². The van der Waals surface area contributed by atoms with Crippen LogP contribution in [0.5, 0.6) is 0 Å². The Kier molecular flexibility index (Phi) is 4.83. The summed E-state index contributed by atoms with van der Waals surface area (Å²) in [6.45, 7) is 6.95. The van der Waals surface area contributed by atoms with Crippen molar-refractivity contribution in [3.05, 3.63) is 34.9 Å². The standard InChI is InChI=1S/C15H21ClN2O/c1-11(2)14-10-18(9-3-8-17-14)15(19)12-4-6-13(16)7-5-12/h4-7,11,14,17H,3,8-10H2,1-2H3. The highest BCUT2D eigenvalue weighted by Crippen LogP contribution is 2.14. The highest BCUT2D eigenvalue weighted by atomic mass is 35.5. The summed E-state index contributed by atoms with van der Waals surface area (Å²) in [6.07, 6.45) is 1.00. The molecular formula is C15H21ClN2O. The van der Waals surface area contributed by atoms with Crippen LogP contribution in [0.15, 0.2) is 24.3 Å². The van der Waals surface area contributed by atoms with Crippen LogP contribution in [0, 0.1) is 5.92 Å². The lowest BCUT2D eigenvalue weighted by atomic mass is 10.0. The molecule has 0 saturated carbocycles. The molecule has 0 radical (unpaired) electrons. The molecular weight excluding hydrogens is 260 g/mol. The van der Waals surface area contributed by atoms with Gasteiger partial charge in [-0.15, -0.1) is 0 Å². The highest BCUT2D eigenvalue weighted by Gasteiger charge is 2.24. The molecule has 1 amide bonds. The van der Waals surface area contributed by atoms with Crippen molar-refractivity contribution in [2.45, 2.75) is 26.3 Å². The Morgan fingerprint density at radius 2 is 2.05 bits per heavy atom. The lowest BCUT2D eigenvalue weighted by Gasteiger charge is -2.27. The number of hydrogen-bond acceptors (Lipinski definition) is 2. The quantitative estimate of drug-likeness (QED) is 0.903. The van der Waals surface area contributed by atoms with Crippen molar-refractivity contribution >= 4 is 17.5 Å². The third kappa shape index (κ3) is 3.71. The SMILES string of the molecule is CC(C)C1CN(C(=O)c2ccc(Cl)cc2)CCCN1. The minimum atomic E-state index is 0.103. The largest absolute Gasteiger partial charge is 0.337 e. The van der Waals surface area contributed by atoms with Crippen LogP contribution in [-0.2, 0) is 0 Å². The van der Waals surface area contributed by atoms with Crippen molar-refractivity contribution in [2.75, 3.05) is 19.6 Å². The van der Waals surface area contributed by atoms with Crippen molar-refractivity contribution in [1.29, 1.82) is 0 Å². The second kappa shape index (κ2) is 6.40. The molecule has 4 heteroatoms. The minimum absolute atomic E-state index is 0.103. The van der Waals surface area contributed by atoms with Crippen LogP contribution in [-0.4, -0.2) is 36.5 Å². The normalized spacial score (nSPS) is 20.4. The molecule has 0 bridgehead atoms. The lowest BCUT2D eigenvalue weighted by molar-refractivity contribution is 0.0745. The van der Waals surface area contributed by atoms with Crippen LogP contribution in [0.2, 0.25) is 5.02 Å². The Bertz CT molecular complexity index is 430. The first-order chi connectivity index (χ1) is 9.08. The van der Waals surface area contributed by atoms with Gasteiger partial charge in [-0.1, -0.05) is 25.4 Å². The zero-order chi connectivity index (χ0) is 13.8. The maximum atomic E-state index is 12.5. The van der Waals surface area contributed by atoms with Crippen LogP contribution in [0.4, 0.5) is 0 Å². The van der Waals surface area contributed by atoms with E-state index in [1.807, 2.05) is 4.90 Å².